The van der Waals surface area contributed by atoms with Crippen molar-refractivity contribution in [1.82, 2.24) is 9.97 Å². The van der Waals surface area contributed by atoms with Crippen LogP contribution < -0.4 is 10.2 Å². The van der Waals surface area contributed by atoms with E-state index in [-0.39, 0.29) is 0 Å². The molecule has 1 aromatic heterocycles. The molecule has 1 aliphatic carbocycles. The van der Waals surface area contributed by atoms with E-state index in [0.29, 0.717) is 12.0 Å². The van der Waals surface area contributed by atoms with Gasteiger partial charge in [0, 0.05) is 38.7 Å². The van der Waals surface area contributed by atoms with Gasteiger partial charge in [0.2, 0.25) is 0 Å². The molecule has 1 heterocycles. The van der Waals surface area contributed by atoms with Gasteiger partial charge in [-0.25, -0.2) is 9.97 Å². The Bertz CT molecular complexity index is 418. The Morgan fingerprint density at radius 1 is 1.42 bits per heavy atom. The van der Waals surface area contributed by atoms with Crippen molar-refractivity contribution in [3.63, 3.8) is 0 Å². The highest BCUT2D eigenvalue weighted by Crippen LogP contribution is 2.31. The molecule has 0 radical (unpaired) electrons. The summed E-state index contributed by atoms with van der Waals surface area (Å²) in [4.78, 5) is 11.6. The molecule has 0 unspecified atom stereocenters. The van der Waals surface area contributed by atoms with Crippen molar-refractivity contribution < 1.29 is 4.74 Å². The average Bonchev–Trinajstić information content (AvgIpc) is 3.23. The molecule has 0 aliphatic heterocycles. The van der Waals surface area contributed by atoms with Gasteiger partial charge in [-0.1, -0.05) is 13.8 Å². The molecule has 0 atom stereocenters. The molecule has 1 N–H and O–H groups in total. The summed E-state index contributed by atoms with van der Waals surface area (Å²) in [6.45, 7) is 5.86. The van der Waals surface area contributed by atoms with Crippen molar-refractivity contribution in [2.45, 2.75) is 38.6 Å². The third-order valence-electron chi connectivity index (χ3n) is 3.32. The number of rotatable bonds is 7. The molecule has 5 heteroatoms. The van der Waals surface area contributed by atoms with Gasteiger partial charge < -0.3 is 15.0 Å². The summed E-state index contributed by atoms with van der Waals surface area (Å²) in [5.74, 6) is 3.12. The highest BCUT2D eigenvalue weighted by molar-refractivity contribution is 5.51. The van der Waals surface area contributed by atoms with E-state index in [1.165, 1.54) is 12.8 Å². The summed E-state index contributed by atoms with van der Waals surface area (Å²) in [5.41, 5.74) is 0. The van der Waals surface area contributed by atoms with Gasteiger partial charge in [-0.05, 0) is 12.8 Å². The van der Waals surface area contributed by atoms with E-state index in [0.717, 1.165) is 30.6 Å². The van der Waals surface area contributed by atoms with E-state index >= 15 is 0 Å². The maximum absolute atomic E-state index is 5.21. The molecule has 1 saturated carbocycles. The molecule has 0 aromatic carbocycles. The second-order valence-electron chi connectivity index (χ2n) is 5.29. The van der Waals surface area contributed by atoms with Gasteiger partial charge in [0.15, 0.2) is 0 Å². The number of hydrogen-bond donors (Lipinski definition) is 1. The summed E-state index contributed by atoms with van der Waals surface area (Å²) in [7, 11) is 3.64. The predicted octanol–water partition coefficient (Wildman–Crippen LogP) is 2.26. The van der Waals surface area contributed by atoms with Crippen LogP contribution in [0.1, 0.15) is 38.4 Å². The van der Waals surface area contributed by atoms with Gasteiger partial charge in [0.05, 0.1) is 6.61 Å². The van der Waals surface area contributed by atoms with Gasteiger partial charge in [0.1, 0.15) is 17.5 Å². The smallest absolute Gasteiger partial charge is 0.135 e. The lowest BCUT2D eigenvalue weighted by Crippen LogP contribution is -2.30. The molecule has 5 nitrogen and oxygen atoms in total. The molecule has 106 valence electrons. The number of aromatic nitrogens is 2. The Hall–Kier alpha value is -1.36. The van der Waals surface area contributed by atoms with E-state index < -0.39 is 0 Å². The van der Waals surface area contributed by atoms with Crippen LogP contribution in [0.5, 0.6) is 0 Å². The maximum atomic E-state index is 5.21. The molecule has 1 aromatic rings. The number of nitrogens with zero attached hydrogens (tertiary/aromatic N) is 3. The Labute approximate surface area is 115 Å². The lowest BCUT2D eigenvalue weighted by molar-refractivity contribution is 0.204. The fourth-order valence-electron chi connectivity index (χ4n) is 2.05. The third-order valence-corrected chi connectivity index (χ3v) is 3.32. The Morgan fingerprint density at radius 2 is 2.16 bits per heavy atom. The minimum atomic E-state index is 0.329. The van der Waals surface area contributed by atoms with Gasteiger partial charge >= 0.3 is 0 Å². The molecule has 0 amide bonds. The van der Waals surface area contributed by atoms with Gasteiger partial charge in [-0.15, -0.1) is 0 Å². The first-order chi connectivity index (χ1) is 9.15. The van der Waals surface area contributed by atoms with Gasteiger partial charge in [-0.3, -0.25) is 0 Å². The first-order valence-electron chi connectivity index (χ1n) is 6.98. The highest BCUT2D eigenvalue weighted by atomic mass is 16.5. The Kier molecular flexibility index (Phi) is 4.58. The highest BCUT2D eigenvalue weighted by Gasteiger charge is 2.30. The van der Waals surface area contributed by atoms with Crippen LogP contribution in [-0.2, 0) is 4.74 Å². The number of hydrogen-bond acceptors (Lipinski definition) is 5. The minimum absolute atomic E-state index is 0.329. The van der Waals surface area contributed by atoms with Crippen LogP contribution in [0.2, 0.25) is 0 Å². The second kappa shape index (κ2) is 6.19. The van der Waals surface area contributed by atoms with Gasteiger partial charge in [0.25, 0.3) is 0 Å². The van der Waals surface area contributed by atoms with Gasteiger partial charge in [-0.2, -0.15) is 0 Å². The predicted molar refractivity (Wildman–Crippen MR) is 77.9 cm³/mol. The third kappa shape index (κ3) is 3.56. The average molecular weight is 264 g/mol. The molecule has 2 rings (SSSR count). The Morgan fingerprint density at radius 3 is 2.68 bits per heavy atom. The first-order valence-corrected chi connectivity index (χ1v) is 6.98. The van der Waals surface area contributed by atoms with E-state index in [1.807, 2.05) is 13.1 Å². The molecule has 0 bridgehead atoms. The van der Waals surface area contributed by atoms with Crippen molar-refractivity contribution in [3.8, 4) is 0 Å². The van der Waals surface area contributed by atoms with E-state index in [4.69, 9.17) is 9.72 Å². The second-order valence-corrected chi connectivity index (χ2v) is 5.29. The lowest BCUT2D eigenvalue weighted by atomic mass is 10.2. The van der Waals surface area contributed by atoms with Crippen molar-refractivity contribution >= 4 is 11.6 Å². The molecule has 0 spiro atoms. The Balaban J connectivity index is 2.26. The largest absolute Gasteiger partial charge is 0.383 e. The zero-order chi connectivity index (χ0) is 13.8. The standard InChI is InChI=1S/C14H24N4O/c1-10(2)14-16-12(15-3)9-13(17-14)18(7-8-19-4)11-5-6-11/h9-11H,5-8H2,1-4H3,(H,15,16,17). The summed E-state index contributed by atoms with van der Waals surface area (Å²) < 4.78 is 5.21. The number of ether oxygens (including phenoxy) is 1. The zero-order valence-corrected chi connectivity index (χ0v) is 12.3. The molecule has 1 aliphatic rings. The zero-order valence-electron chi connectivity index (χ0n) is 12.3. The fourth-order valence-corrected chi connectivity index (χ4v) is 2.05. The summed E-state index contributed by atoms with van der Waals surface area (Å²) in [5, 5.41) is 3.12. The summed E-state index contributed by atoms with van der Waals surface area (Å²) in [6.07, 6.45) is 2.50. The van der Waals surface area contributed by atoms with Crippen LogP contribution >= 0.6 is 0 Å². The fraction of sp³-hybridized carbons (Fsp3) is 0.714. The van der Waals surface area contributed by atoms with Crippen LogP contribution in [0.25, 0.3) is 0 Å². The monoisotopic (exact) mass is 264 g/mol. The SMILES string of the molecule is CNc1cc(N(CCOC)C2CC2)nc(C(C)C)n1. The van der Waals surface area contributed by atoms with Crippen molar-refractivity contribution in [2.24, 2.45) is 0 Å². The van der Waals surface area contributed by atoms with Crippen molar-refractivity contribution in [1.29, 1.82) is 0 Å². The van der Waals surface area contributed by atoms with E-state index in [9.17, 15) is 0 Å². The molecular formula is C14H24N4O. The normalized spacial score (nSPS) is 14.8. The molecule has 19 heavy (non-hydrogen) atoms. The number of anilines is 2. The molecule has 1 fully saturated rings. The first kappa shape index (κ1) is 14.1. The lowest BCUT2D eigenvalue weighted by Gasteiger charge is -2.24. The van der Waals surface area contributed by atoms with Crippen LogP contribution in [0.15, 0.2) is 6.07 Å². The van der Waals surface area contributed by atoms with Crippen LogP contribution in [0, 0.1) is 0 Å². The minimum Gasteiger partial charge on any atom is -0.383 e. The van der Waals surface area contributed by atoms with Crippen LogP contribution in [-0.4, -0.2) is 43.3 Å². The summed E-state index contributed by atoms with van der Waals surface area (Å²) >= 11 is 0. The quantitative estimate of drug-likeness (QED) is 0.818. The van der Waals surface area contributed by atoms with Crippen molar-refractivity contribution in [2.75, 3.05) is 37.5 Å². The van der Waals surface area contributed by atoms with Crippen LogP contribution in [0.3, 0.4) is 0 Å². The summed E-state index contributed by atoms with van der Waals surface area (Å²) in [6, 6.07) is 2.65. The maximum Gasteiger partial charge on any atom is 0.135 e. The van der Waals surface area contributed by atoms with E-state index in [2.05, 4.69) is 29.0 Å². The van der Waals surface area contributed by atoms with E-state index in [1.54, 1.807) is 7.11 Å². The van der Waals surface area contributed by atoms with Crippen LogP contribution in [0.4, 0.5) is 11.6 Å². The number of methoxy groups -OCH3 is 1. The molecular weight excluding hydrogens is 240 g/mol. The number of nitrogens with one attached hydrogen (secondary N) is 1. The molecule has 0 saturated heterocycles. The topological polar surface area (TPSA) is 50.3 Å². The van der Waals surface area contributed by atoms with Crippen molar-refractivity contribution in [3.05, 3.63) is 11.9 Å².